The summed E-state index contributed by atoms with van der Waals surface area (Å²) in [6.45, 7) is 0.440. The molecule has 0 aromatic carbocycles. The van der Waals surface area contributed by atoms with E-state index < -0.39 is 5.76 Å². The lowest BCUT2D eigenvalue weighted by molar-refractivity contribution is 0.251. The van der Waals surface area contributed by atoms with Gasteiger partial charge in [0.15, 0.2) is 0 Å². The minimum atomic E-state index is -2.39. The van der Waals surface area contributed by atoms with Gasteiger partial charge >= 0.3 is 0 Å². The van der Waals surface area contributed by atoms with Crippen molar-refractivity contribution in [2.45, 2.75) is 18.1 Å². The first-order chi connectivity index (χ1) is 9.54. The second kappa shape index (κ2) is 7.28. The van der Waals surface area contributed by atoms with Gasteiger partial charge in [-0.15, -0.1) is 0 Å². The van der Waals surface area contributed by atoms with E-state index in [2.05, 4.69) is 26.2 Å². The molecule has 2 aromatic heterocycles. The van der Waals surface area contributed by atoms with Crippen molar-refractivity contribution in [3.8, 4) is 0 Å². The highest BCUT2D eigenvalue weighted by Crippen LogP contribution is 2.24. The van der Waals surface area contributed by atoms with Crippen LogP contribution in [-0.4, -0.2) is 10.7 Å². The molecule has 0 aliphatic rings. The Labute approximate surface area is 132 Å². The number of nitrogens with one attached hydrogen (secondary N) is 1. The summed E-state index contributed by atoms with van der Waals surface area (Å²) in [5, 5.41) is 3.50. The van der Waals surface area contributed by atoms with Crippen molar-refractivity contribution in [1.82, 2.24) is 4.98 Å². The van der Waals surface area contributed by atoms with Crippen LogP contribution in [0, 0.1) is 0 Å². The van der Waals surface area contributed by atoms with E-state index in [1.807, 2.05) is 0 Å². The minimum Gasteiger partial charge on any atom is -0.463 e. The quantitative estimate of drug-likeness (QED) is 0.699. The van der Waals surface area contributed by atoms with Gasteiger partial charge in [-0.1, -0.05) is 23.4 Å². The third-order valence-electron chi connectivity index (χ3n) is 2.33. The van der Waals surface area contributed by atoms with Gasteiger partial charge in [-0.3, -0.25) is 0 Å². The Morgan fingerprint density at radius 3 is 2.85 bits per heavy atom. The molecule has 108 valence electrons. The van der Waals surface area contributed by atoms with E-state index in [1.54, 1.807) is 24.4 Å². The highest BCUT2D eigenvalue weighted by molar-refractivity contribution is 9.10. The second-order valence-electron chi connectivity index (χ2n) is 3.79. The van der Waals surface area contributed by atoms with Crippen LogP contribution < -0.4 is 5.32 Å². The van der Waals surface area contributed by atoms with E-state index in [0.717, 1.165) is 5.69 Å². The van der Waals surface area contributed by atoms with Gasteiger partial charge in [-0.25, -0.2) is 4.98 Å². The van der Waals surface area contributed by atoms with Crippen LogP contribution in [0.1, 0.15) is 11.5 Å². The van der Waals surface area contributed by atoms with Gasteiger partial charge in [-0.05, 0) is 34.1 Å². The molecule has 0 saturated heterocycles. The molecule has 8 heteroatoms. The third kappa shape index (κ3) is 4.64. The highest BCUT2D eigenvalue weighted by Gasteiger charge is 2.07. The van der Waals surface area contributed by atoms with E-state index in [0.29, 0.717) is 39.5 Å². The van der Waals surface area contributed by atoms with Gasteiger partial charge in [0.2, 0.25) is 0 Å². The molecule has 20 heavy (non-hydrogen) atoms. The van der Waals surface area contributed by atoms with Crippen LogP contribution >= 0.6 is 39.3 Å². The molecule has 0 saturated carbocycles. The molecular weight excluding hydrogens is 374 g/mol. The van der Waals surface area contributed by atoms with Gasteiger partial charge < -0.3 is 9.73 Å². The fraction of sp³-hybridized carbons (Fsp3) is 0.250. The number of pyridine rings is 1. The van der Waals surface area contributed by atoms with Crippen LogP contribution in [0.5, 0.6) is 0 Å². The first-order valence-corrected chi connectivity index (χ1v) is 7.79. The maximum absolute atomic E-state index is 12.1. The number of alkyl halides is 2. The van der Waals surface area contributed by atoms with Gasteiger partial charge in [0, 0.05) is 0 Å². The van der Waals surface area contributed by atoms with Gasteiger partial charge in [0.1, 0.15) is 16.7 Å². The molecule has 1 N–H and O–H groups in total. The molecule has 0 aliphatic heterocycles. The number of nitrogens with zero attached hydrogens (tertiary/aromatic N) is 1. The predicted octanol–water partition coefficient (Wildman–Crippen LogP) is 5.16. The van der Waals surface area contributed by atoms with Gasteiger partial charge in [0.25, 0.3) is 5.76 Å². The number of halogens is 4. The summed E-state index contributed by atoms with van der Waals surface area (Å²) >= 11 is 9.61. The molecule has 0 radical (unpaired) electrons. The average Bonchev–Trinajstić information content (AvgIpc) is 2.86. The van der Waals surface area contributed by atoms with Gasteiger partial charge in [0.05, 0.1) is 28.7 Å². The molecule has 2 rings (SSSR count). The fourth-order valence-electron chi connectivity index (χ4n) is 1.45. The van der Waals surface area contributed by atoms with Crippen LogP contribution in [0.3, 0.4) is 0 Å². The molecule has 0 unspecified atom stereocenters. The predicted molar refractivity (Wildman–Crippen MR) is 80.3 cm³/mol. The van der Waals surface area contributed by atoms with E-state index in [9.17, 15) is 8.78 Å². The van der Waals surface area contributed by atoms with E-state index in [1.165, 1.54) is 0 Å². The monoisotopic (exact) mass is 382 g/mol. The third-order valence-corrected chi connectivity index (χ3v) is 4.17. The molecule has 0 spiro atoms. The largest absolute Gasteiger partial charge is 0.463 e. The summed E-state index contributed by atoms with van der Waals surface area (Å²) < 4.78 is 30.2. The molecule has 2 heterocycles. The Morgan fingerprint density at radius 1 is 1.40 bits per heavy atom. The van der Waals surface area contributed by atoms with Crippen molar-refractivity contribution in [2.24, 2.45) is 0 Å². The summed E-state index contributed by atoms with van der Waals surface area (Å²) in [5.41, 5.74) is 0.779. The molecular formula is C12H10BrClF2N2OS. The number of rotatable bonds is 6. The minimum absolute atomic E-state index is 0.158. The zero-order valence-electron chi connectivity index (χ0n) is 10.1. The molecule has 0 bridgehead atoms. The average molecular weight is 384 g/mol. The molecule has 0 amide bonds. The Morgan fingerprint density at radius 2 is 2.15 bits per heavy atom. The fourth-order valence-corrected chi connectivity index (χ4v) is 2.34. The Kier molecular flexibility index (Phi) is 5.68. The first-order valence-electron chi connectivity index (χ1n) is 5.57. The van der Waals surface area contributed by atoms with Crippen molar-refractivity contribution in [3.05, 3.63) is 45.5 Å². The number of thioether (sulfide) groups is 1. The van der Waals surface area contributed by atoms with Crippen LogP contribution in [0.4, 0.5) is 14.5 Å². The summed E-state index contributed by atoms with van der Waals surface area (Å²) in [7, 11) is 0. The molecule has 3 nitrogen and oxygen atoms in total. The maximum Gasteiger partial charge on any atom is 0.284 e. The molecule has 0 fully saturated rings. The SMILES string of the molecule is FC(F)SCc1ccc(CNc2cnc(Cl)c(Br)c2)o1. The molecule has 0 atom stereocenters. The Hall–Kier alpha value is -0.790. The van der Waals surface area contributed by atoms with Crippen molar-refractivity contribution in [2.75, 3.05) is 5.32 Å². The lowest BCUT2D eigenvalue weighted by atomic mass is 10.4. The van der Waals surface area contributed by atoms with E-state index in [4.69, 9.17) is 16.0 Å². The molecule has 0 aliphatic carbocycles. The zero-order chi connectivity index (χ0) is 14.5. The lowest BCUT2D eigenvalue weighted by Crippen LogP contribution is -1.98. The lowest BCUT2D eigenvalue weighted by Gasteiger charge is -2.05. The summed E-state index contributed by atoms with van der Waals surface area (Å²) in [6.07, 6.45) is 1.60. The topological polar surface area (TPSA) is 38.1 Å². The van der Waals surface area contributed by atoms with Crippen molar-refractivity contribution >= 4 is 45.0 Å². The van der Waals surface area contributed by atoms with Crippen molar-refractivity contribution in [1.29, 1.82) is 0 Å². The highest BCUT2D eigenvalue weighted by atomic mass is 79.9. The first kappa shape index (κ1) is 15.6. The van der Waals surface area contributed by atoms with Crippen LogP contribution in [0.15, 0.2) is 33.3 Å². The standard InChI is InChI=1S/C12H10BrClF2N2OS/c13-10-3-7(4-18-11(10)14)17-5-8-1-2-9(19-8)6-20-12(15)16/h1-4,12,17H,5-6H2. The van der Waals surface area contributed by atoms with Crippen molar-refractivity contribution in [3.63, 3.8) is 0 Å². The van der Waals surface area contributed by atoms with Crippen LogP contribution in [0.25, 0.3) is 0 Å². The zero-order valence-corrected chi connectivity index (χ0v) is 13.2. The number of furan rings is 1. The summed E-state index contributed by atoms with van der Waals surface area (Å²) in [4.78, 5) is 3.98. The van der Waals surface area contributed by atoms with E-state index >= 15 is 0 Å². The van der Waals surface area contributed by atoms with E-state index in [-0.39, 0.29) is 5.75 Å². The Balaban J connectivity index is 1.89. The van der Waals surface area contributed by atoms with Gasteiger partial charge in [-0.2, -0.15) is 8.78 Å². The second-order valence-corrected chi connectivity index (χ2v) is 5.98. The number of hydrogen-bond acceptors (Lipinski definition) is 4. The normalized spacial score (nSPS) is 11.1. The maximum atomic E-state index is 12.1. The van der Waals surface area contributed by atoms with Crippen molar-refractivity contribution < 1.29 is 13.2 Å². The number of aromatic nitrogens is 1. The molecule has 2 aromatic rings. The Bertz CT molecular complexity index is 582. The van der Waals surface area contributed by atoms with Crippen LogP contribution in [0.2, 0.25) is 5.15 Å². The number of hydrogen-bond donors (Lipinski definition) is 1. The summed E-state index contributed by atoms with van der Waals surface area (Å²) in [6, 6.07) is 5.25. The number of anilines is 1. The summed E-state index contributed by atoms with van der Waals surface area (Å²) in [5.74, 6) is -1.03. The smallest absolute Gasteiger partial charge is 0.284 e. The van der Waals surface area contributed by atoms with Crippen LogP contribution in [-0.2, 0) is 12.3 Å².